The van der Waals surface area contributed by atoms with Crippen LogP contribution in [-0.4, -0.2) is 22.9 Å². The largest absolute Gasteiger partial charge is 0.480 e. The van der Waals surface area contributed by atoms with E-state index in [2.05, 4.69) is 13.8 Å². The summed E-state index contributed by atoms with van der Waals surface area (Å²) in [6, 6.07) is -0.786. The fourth-order valence-corrected chi connectivity index (χ4v) is 1.99. The van der Waals surface area contributed by atoms with Crippen LogP contribution in [-0.2, 0) is 9.59 Å². The van der Waals surface area contributed by atoms with Crippen molar-refractivity contribution < 1.29 is 14.7 Å². The predicted molar refractivity (Wildman–Crippen MR) is 77.0 cm³/mol. The molecule has 19 heavy (non-hydrogen) atoms. The molecule has 0 aliphatic heterocycles. The monoisotopic (exact) mass is 271 g/mol. The first-order valence-corrected chi connectivity index (χ1v) is 7.43. The number of hydrogen-bond acceptors (Lipinski definition) is 3. The van der Waals surface area contributed by atoms with Crippen LogP contribution in [0.1, 0.15) is 71.6 Å². The van der Waals surface area contributed by atoms with Crippen molar-refractivity contribution in [1.82, 2.24) is 0 Å². The highest BCUT2D eigenvalue weighted by Crippen LogP contribution is 2.11. The molecule has 0 bridgehead atoms. The molecule has 4 heteroatoms. The van der Waals surface area contributed by atoms with Crippen LogP contribution in [0.4, 0.5) is 0 Å². The Morgan fingerprint density at radius 1 is 0.947 bits per heavy atom. The van der Waals surface area contributed by atoms with Gasteiger partial charge in [-0.2, -0.15) is 0 Å². The summed E-state index contributed by atoms with van der Waals surface area (Å²) in [6.45, 7) is 4.43. The average molecular weight is 271 g/mol. The molecule has 1 atom stereocenters. The van der Waals surface area contributed by atoms with Crippen LogP contribution in [0.5, 0.6) is 0 Å². The van der Waals surface area contributed by atoms with Crippen molar-refractivity contribution in [2.75, 3.05) is 0 Å². The van der Waals surface area contributed by atoms with Crippen LogP contribution in [0.3, 0.4) is 0 Å². The Morgan fingerprint density at radius 3 is 2.00 bits per heavy atom. The molecule has 0 spiro atoms. The van der Waals surface area contributed by atoms with Crippen LogP contribution in [0, 0.1) is 5.92 Å². The van der Waals surface area contributed by atoms with Crippen LogP contribution in [0.15, 0.2) is 0 Å². The maximum absolute atomic E-state index is 11.6. The lowest BCUT2D eigenvalue weighted by Crippen LogP contribution is -2.29. The van der Waals surface area contributed by atoms with Gasteiger partial charge in [-0.15, -0.1) is 0 Å². The summed E-state index contributed by atoms with van der Waals surface area (Å²) in [4.78, 5) is 22.1. The van der Waals surface area contributed by atoms with Gasteiger partial charge in [0.2, 0.25) is 0 Å². The molecule has 0 fully saturated rings. The molecule has 0 aromatic rings. The molecule has 0 aromatic heterocycles. The van der Waals surface area contributed by atoms with E-state index in [1.807, 2.05) is 0 Å². The molecule has 3 N–H and O–H groups in total. The zero-order valence-corrected chi connectivity index (χ0v) is 12.4. The van der Waals surface area contributed by atoms with Crippen molar-refractivity contribution in [3.63, 3.8) is 0 Å². The van der Waals surface area contributed by atoms with Gasteiger partial charge in [0, 0.05) is 12.8 Å². The van der Waals surface area contributed by atoms with E-state index < -0.39 is 12.0 Å². The number of hydrogen-bond donors (Lipinski definition) is 2. The smallest absolute Gasteiger partial charge is 0.320 e. The second kappa shape index (κ2) is 11.0. The van der Waals surface area contributed by atoms with E-state index in [9.17, 15) is 9.59 Å². The lowest BCUT2D eigenvalue weighted by atomic mass is 10.0. The zero-order valence-electron chi connectivity index (χ0n) is 12.4. The van der Waals surface area contributed by atoms with Gasteiger partial charge in [0.25, 0.3) is 0 Å². The van der Waals surface area contributed by atoms with E-state index in [4.69, 9.17) is 10.8 Å². The van der Waals surface area contributed by atoms with Gasteiger partial charge in [-0.3, -0.25) is 9.59 Å². The number of carboxylic acids is 1. The Bertz CT molecular complexity index is 264. The highest BCUT2D eigenvalue weighted by molar-refractivity contribution is 5.78. The van der Waals surface area contributed by atoms with Gasteiger partial charge in [0.05, 0.1) is 0 Å². The summed E-state index contributed by atoms with van der Waals surface area (Å²) in [5.41, 5.74) is 5.39. The van der Waals surface area contributed by atoms with Crippen molar-refractivity contribution in [2.24, 2.45) is 11.7 Å². The number of nitrogens with two attached hydrogens (primary N) is 1. The summed E-state index contributed by atoms with van der Waals surface area (Å²) in [7, 11) is 0. The molecule has 1 unspecified atom stereocenters. The van der Waals surface area contributed by atoms with Crippen LogP contribution >= 0.6 is 0 Å². The maximum atomic E-state index is 11.6. The van der Waals surface area contributed by atoms with Crippen molar-refractivity contribution >= 4 is 11.8 Å². The highest BCUT2D eigenvalue weighted by atomic mass is 16.4. The summed E-state index contributed by atoms with van der Waals surface area (Å²) < 4.78 is 0. The predicted octanol–water partition coefficient (Wildman–Crippen LogP) is 3.13. The van der Waals surface area contributed by atoms with E-state index in [0.29, 0.717) is 31.5 Å². The van der Waals surface area contributed by atoms with Crippen LogP contribution in [0.2, 0.25) is 0 Å². The number of rotatable bonds is 12. The normalized spacial score (nSPS) is 12.6. The van der Waals surface area contributed by atoms with E-state index >= 15 is 0 Å². The number of carbonyl (C=O) groups is 2. The lowest BCUT2D eigenvalue weighted by Gasteiger charge is -2.06. The molecule has 0 heterocycles. The molecular formula is C15H29NO3. The Kier molecular flexibility index (Phi) is 10.5. The topological polar surface area (TPSA) is 80.4 Å². The van der Waals surface area contributed by atoms with Crippen molar-refractivity contribution in [2.45, 2.75) is 77.7 Å². The standard InChI is InChI=1S/C15H29NO3/c1-12(2)8-4-3-5-9-13(17)10-6-7-11-14(16)15(18)19/h12,14H,3-11,16H2,1-2H3,(H,18,19). The van der Waals surface area contributed by atoms with E-state index in [1.165, 1.54) is 12.8 Å². The molecule has 0 saturated heterocycles. The molecule has 0 aromatic carbocycles. The quantitative estimate of drug-likeness (QED) is 0.534. The first kappa shape index (κ1) is 18.1. The molecule has 0 aliphatic rings. The van der Waals surface area contributed by atoms with Gasteiger partial charge >= 0.3 is 5.97 Å². The number of carboxylic acid groups (broad SMARTS) is 1. The third kappa shape index (κ3) is 11.9. The number of Topliss-reactive ketones (excluding diaryl/α,β-unsaturated/α-hetero) is 1. The molecule has 4 nitrogen and oxygen atoms in total. The third-order valence-electron chi connectivity index (χ3n) is 3.28. The lowest BCUT2D eigenvalue weighted by molar-refractivity contribution is -0.138. The molecular weight excluding hydrogens is 242 g/mol. The first-order chi connectivity index (χ1) is 8.93. The molecule has 0 aliphatic carbocycles. The Balaban J connectivity index is 3.37. The van der Waals surface area contributed by atoms with Gasteiger partial charge in [0.1, 0.15) is 11.8 Å². The van der Waals surface area contributed by atoms with E-state index in [1.54, 1.807) is 0 Å². The fraction of sp³-hybridized carbons (Fsp3) is 0.867. The van der Waals surface area contributed by atoms with Gasteiger partial charge < -0.3 is 10.8 Å². The number of aliphatic carboxylic acids is 1. The van der Waals surface area contributed by atoms with E-state index in [-0.39, 0.29) is 0 Å². The minimum Gasteiger partial charge on any atom is -0.480 e. The van der Waals surface area contributed by atoms with Crippen molar-refractivity contribution in [3.8, 4) is 0 Å². The summed E-state index contributed by atoms with van der Waals surface area (Å²) in [6.07, 6.45) is 7.72. The second-order valence-corrected chi connectivity index (χ2v) is 5.72. The molecule has 0 rings (SSSR count). The Morgan fingerprint density at radius 2 is 1.47 bits per heavy atom. The summed E-state index contributed by atoms with van der Waals surface area (Å²) in [5, 5.41) is 8.60. The van der Waals surface area contributed by atoms with Crippen molar-refractivity contribution in [1.29, 1.82) is 0 Å². The van der Waals surface area contributed by atoms with Crippen LogP contribution < -0.4 is 5.73 Å². The number of carbonyl (C=O) groups excluding carboxylic acids is 1. The van der Waals surface area contributed by atoms with Gasteiger partial charge in [-0.05, 0) is 25.2 Å². The average Bonchev–Trinajstić information content (AvgIpc) is 2.33. The first-order valence-electron chi connectivity index (χ1n) is 7.43. The molecule has 0 saturated carbocycles. The van der Waals surface area contributed by atoms with Crippen molar-refractivity contribution in [3.05, 3.63) is 0 Å². The molecule has 0 radical (unpaired) electrons. The second-order valence-electron chi connectivity index (χ2n) is 5.72. The van der Waals surface area contributed by atoms with Crippen LogP contribution in [0.25, 0.3) is 0 Å². The minimum absolute atomic E-state index is 0.299. The molecule has 112 valence electrons. The fourth-order valence-electron chi connectivity index (χ4n) is 1.99. The Hall–Kier alpha value is -0.900. The summed E-state index contributed by atoms with van der Waals surface area (Å²) in [5.74, 6) is 0.0825. The van der Waals surface area contributed by atoms with Gasteiger partial charge in [-0.1, -0.05) is 39.5 Å². The molecule has 0 amide bonds. The number of ketones is 1. The number of unbranched alkanes of at least 4 members (excludes halogenated alkanes) is 3. The van der Waals surface area contributed by atoms with Gasteiger partial charge in [-0.25, -0.2) is 0 Å². The Labute approximate surface area is 116 Å². The highest BCUT2D eigenvalue weighted by Gasteiger charge is 2.10. The maximum Gasteiger partial charge on any atom is 0.320 e. The van der Waals surface area contributed by atoms with Gasteiger partial charge in [0.15, 0.2) is 0 Å². The minimum atomic E-state index is -0.962. The summed E-state index contributed by atoms with van der Waals surface area (Å²) >= 11 is 0. The zero-order chi connectivity index (χ0) is 14.7. The van der Waals surface area contributed by atoms with E-state index in [0.717, 1.165) is 25.2 Å². The SMILES string of the molecule is CC(C)CCCCCC(=O)CCCCC(N)C(=O)O. The third-order valence-corrected chi connectivity index (χ3v) is 3.28.